The second-order valence-corrected chi connectivity index (χ2v) is 7.79. The summed E-state index contributed by atoms with van der Waals surface area (Å²) in [6.07, 6.45) is 0.829. The van der Waals surface area contributed by atoms with Gasteiger partial charge in [-0.3, -0.25) is 4.79 Å². The molecule has 0 saturated heterocycles. The molecule has 0 spiro atoms. The van der Waals surface area contributed by atoms with E-state index in [1.807, 2.05) is 47.0 Å². The lowest BCUT2D eigenvalue weighted by molar-refractivity contribution is -0.118. The first kappa shape index (κ1) is 19.6. The average Bonchev–Trinajstić information content (AvgIpc) is 3.10. The predicted octanol–water partition coefficient (Wildman–Crippen LogP) is 4.18. The van der Waals surface area contributed by atoms with Crippen LogP contribution in [0.3, 0.4) is 0 Å². The van der Waals surface area contributed by atoms with E-state index in [9.17, 15) is 4.79 Å². The summed E-state index contributed by atoms with van der Waals surface area (Å²) in [6.45, 7) is 3.43. The largest absolute Gasteiger partial charge is 0.355 e. The minimum atomic E-state index is 0.00627. The number of hydrogen-bond donors (Lipinski definition) is 1. The molecule has 1 heterocycles. The molecule has 3 aromatic rings. The van der Waals surface area contributed by atoms with Gasteiger partial charge in [-0.15, -0.1) is 10.2 Å². The molecule has 0 atom stereocenters. The van der Waals surface area contributed by atoms with E-state index in [2.05, 4.69) is 50.5 Å². The van der Waals surface area contributed by atoms with E-state index in [-0.39, 0.29) is 5.91 Å². The van der Waals surface area contributed by atoms with Gasteiger partial charge in [0.15, 0.2) is 11.0 Å². The molecule has 7 heteroatoms. The van der Waals surface area contributed by atoms with Gasteiger partial charge in [0.1, 0.15) is 0 Å². The zero-order valence-corrected chi connectivity index (χ0v) is 17.5. The fraction of sp³-hybridized carbons (Fsp3) is 0.250. The number of nitrogens with one attached hydrogen (secondary N) is 1. The van der Waals surface area contributed by atoms with Crippen LogP contribution in [0.1, 0.15) is 12.5 Å². The predicted molar refractivity (Wildman–Crippen MR) is 113 cm³/mol. The first-order valence-corrected chi connectivity index (χ1v) is 10.6. The molecule has 0 bridgehead atoms. The molecule has 0 aliphatic carbocycles. The number of carbonyl (C=O) groups is 1. The number of thioether (sulfide) groups is 1. The highest BCUT2D eigenvalue weighted by Gasteiger charge is 2.14. The third kappa shape index (κ3) is 5.43. The zero-order valence-electron chi connectivity index (χ0n) is 15.1. The van der Waals surface area contributed by atoms with Crippen LogP contribution >= 0.6 is 27.7 Å². The second kappa shape index (κ2) is 9.71. The number of nitrogens with zero attached hydrogens (tertiary/aromatic N) is 3. The quantitative estimate of drug-likeness (QED) is 0.529. The van der Waals surface area contributed by atoms with Crippen molar-refractivity contribution in [2.75, 3.05) is 12.3 Å². The van der Waals surface area contributed by atoms with Gasteiger partial charge in [-0.2, -0.15) is 0 Å². The summed E-state index contributed by atoms with van der Waals surface area (Å²) in [7, 11) is 0. The van der Waals surface area contributed by atoms with Gasteiger partial charge < -0.3 is 9.88 Å². The highest BCUT2D eigenvalue weighted by molar-refractivity contribution is 9.10. The summed E-state index contributed by atoms with van der Waals surface area (Å²) >= 11 is 4.86. The second-order valence-electron chi connectivity index (χ2n) is 5.93. The Morgan fingerprint density at radius 2 is 1.85 bits per heavy atom. The van der Waals surface area contributed by atoms with Crippen molar-refractivity contribution in [3.8, 4) is 11.4 Å². The van der Waals surface area contributed by atoms with Gasteiger partial charge in [0.05, 0.1) is 5.75 Å². The number of amides is 1. The van der Waals surface area contributed by atoms with Gasteiger partial charge in [-0.05, 0) is 31.0 Å². The Balaban J connectivity index is 1.54. The van der Waals surface area contributed by atoms with Crippen LogP contribution in [-0.2, 0) is 17.8 Å². The lowest BCUT2D eigenvalue weighted by atomic mass is 10.1. The maximum atomic E-state index is 12.1. The molecule has 0 unspecified atom stereocenters. The highest BCUT2D eigenvalue weighted by Crippen LogP contribution is 2.25. The number of aromatic nitrogens is 3. The monoisotopic (exact) mass is 444 g/mol. The molecular formula is C20H21BrN4OS. The molecular weight excluding hydrogens is 424 g/mol. The van der Waals surface area contributed by atoms with Crippen LogP contribution in [0.4, 0.5) is 0 Å². The topological polar surface area (TPSA) is 59.8 Å². The van der Waals surface area contributed by atoms with Crippen LogP contribution in [0.25, 0.3) is 11.4 Å². The first-order chi connectivity index (χ1) is 13.2. The van der Waals surface area contributed by atoms with E-state index in [1.165, 1.54) is 17.3 Å². The Hall–Kier alpha value is -2.12. The van der Waals surface area contributed by atoms with Crippen LogP contribution in [0.15, 0.2) is 64.2 Å². The Morgan fingerprint density at radius 3 is 2.56 bits per heavy atom. The molecule has 5 nitrogen and oxygen atoms in total. The molecule has 1 aromatic heterocycles. The lowest BCUT2D eigenvalue weighted by Gasteiger charge is -2.08. The summed E-state index contributed by atoms with van der Waals surface area (Å²) in [6, 6.07) is 18.1. The molecule has 0 fully saturated rings. The van der Waals surface area contributed by atoms with Crippen molar-refractivity contribution >= 4 is 33.6 Å². The fourth-order valence-electron chi connectivity index (χ4n) is 2.67. The molecule has 0 radical (unpaired) electrons. The molecule has 3 rings (SSSR count). The van der Waals surface area contributed by atoms with Gasteiger partial charge in [0.2, 0.25) is 5.91 Å². The zero-order chi connectivity index (χ0) is 19.1. The van der Waals surface area contributed by atoms with Gasteiger partial charge in [-0.1, -0.05) is 70.2 Å². The fourth-order valence-corrected chi connectivity index (χ4v) is 3.76. The number of halogens is 1. The van der Waals surface area contributed by atoms with E-state index >= 15 is 0 Å². The Morgan fingerprint density at radius 1 is 1.11 bits per heavy atom. The first-order valence-electron chi connectivity index (χ1n) is 8.80. The van der Waals surface area contributed by atoms with Crippen molar-refractivity contribution in [1.82, 2.24) is 20.1 Å². The molecule has 2 aromatic carbocycles. The van der Waals surface area contributed by atoms with Crippen molar-refractivity contribution in [3.63, 3.8) is 0 Å². The Bertz CT molecular complexity index is 881. The van der Waals surface area contributed by atoms with Crippen molar-refractivity contribution in [1.29, 1.82) is 0 Å². The normalized spacial score (nSPS) is 10.7. The summed E-state index contributed by atoms with van der Waals surface area (Å²) in [4.78, 5) is 12.1. The van der Waals surface area contributed by atoms with Gasteiger partial charge in [0, 0.05) is 23.1 Å². The molecule has 27 heavy (non-hydrogen) atoms. The highest BCUT2D eigenvalue weighted by atomic mass is 79.9. The Kier molecular flexibility index (Phi) is 7.06. The summed E-state index contributed by atoms with van der Waals surface area (Å²) in [5, 5.41) is 12.3. The third-order valence-corrected chi connectivity index (χ3v) is 5.54. The van der Waals surface area contributed by atoms with Crippen molar-refractivity contribution in [3.05, 3.63) is 64.6 Å². The van der Waals surface area contributed by atoms with E-state index in [0.717, 1.165) is 34.0 Å². The standard InChI is InChI=1S/C20H21BrN4OS/c1-2-25-19(16-8-10-17(21)11-9-16)23-24-20(25)27-14-18(26)22-13-12-15-6-4-3-5-7-15/h3-11H,2,12-14H2,1H3,(H,22,26). The van der Waals surface area contributed by atoms with Gasteiger partial charge in [-0.25, -0.2) is 0 Å². The average molecular weight is 445 g/mol. The van der Waals surface area contributed by atoms with E-state index in [1.54, 1.807) is 0 Å². The molecule has 1 amide bonds. The summed E-state index contributed by atoms with van der Waals surface area (Å²) < 4.78 is 3.06. The third-order valence-electron chi connectivity index (χ3n) is 4.05. The van der Waals surface area contributed by atoms with Crippen molar-refractivity contribution in [2.45, 2.75) is 25.0 Å². The molecule has 0 aliphatic rings. The molecule has 1 N–H and O–H groups in total. The van der Waals surface area contributed by atoms with E-state index in [4.69, 9.17) is 0 Å². The van der Waals surface area contributed by atoms with Crippen LogP contribution in [0.2, 0.25) is 0 Å². The SMILES string of the molecule is CCn1c(SCC(=O)NCCc2ccccc2)nnc1-c1ccc(Br)cc1. The lowest BCUT2D eigenvalue weighted by Crippen LogP contribution is -2.27. The Labute approximate surface area is 171 Å². The summed E-state index contributed by atoms with van der Waals surface area (Å²) in [5.74, 6) is 1.15. The minimum absolute atomic E-state index is 0.00627. The minimum Gasteiger partial charge on any atom is -0.355 e. The smallest absolute Gasteiger partial charge is 0.230 e. The molecule has 0 aliphatic heterocycles. The summed E-state index contributed by atoms with van der Waals surface area (Å²) in [5.41, 5.74) is 2.22. The number of rotatable bonds is 8. The number of benzene rings is 2. The van der Waals surface area contributed by atoms with E-state index < -0.39 is 0 Å². The van der Waals surface area contributed by atoms with Gasteiger partial charge >= 0.3 is 0 Å². The van der Waals surface area contributed by atoms with Crippen molar-refractivity contribution < 1.29 is 4.79 Å². The van der Waals surface area contributed by atoms with Crippen LogP contribution in [0, 0.1) is 0 Å². The number of carbonyl (C=O) groups excluding carboxylic acids is 1. The maximum Gasteiger partial charge on any atom is 0.230 e. The van der Waals surface area contributed by atoms with E-state index in [0.29, 0.717) is 12.3 Å². The molecule has 140 valence electrons. The van der Waals surface area contributed by atoms with Crippen molar-refractivity contribution in [2.24, 2.45) is 0 Å². The maximum absolute atomic E-state index is 12.1. The van der Waals surface area contributed by atoms with Crippen LogP contribution in [0.5, 0.6) is 0 Å². The number of hydrogen-bond acceptors (Lipinski definition) is 4. The van der Waals surface area contributed by atoms with Crippen LogP contribution < -0.4 is 5.32 Å². The molecule has 0 saturated carbocycles. The van der Waals surface area contributed by atoms with Gasteiger partial charge in [0.25, 0.3) is 0 Å². The van der Waals surface area contributed by atoms with Crippen LogP contribution in [-0.4, -0.2) is 33.0 Å².